The van der Waals surface area contributed by atoms with Crippen molar-refractivity contribution in [3.63, 3.8) is 0 Å². The van der Waals surface area contributed by atoms with Crippen molar-refractivity contribution in [3.05, 3.63) is 29.8 Å². The molecule has 1 aromatic carbocycles. The molecule has 5 nitrogen and oxygen atoms in total. The van der Waals surface area contributed by atoms with E-state index >= 15 is 0 Å². The minimum atomic E-state index is -2.94. The Kier molecular flexibility index (Phi) is 3.20. The van der Waals surface area contributed by atoms with E-state index in [-0.39, 0.29) is 17.5 Å². The number of carboxylic acid groups (broad SMARTS) is 1. The third-order valence-electron chi connectivity index (χ3n) is 4.23. The third kappa shape index (κ3) is 2.28. The number of sulfone groups is 1. The summed E-state index contributed by atoms with van der Waals surface area (Å²) in [5.41, 5.74) is 1.68. The molecule has 0 aromatic heterocycles. The van der Waals surface area contributed by atoms with Crippen molar-refractivity contribution in [2.24, 2.45) is 0 Å². The first kappa shape index (κ1) is 13.4. The molecule has 0 spiro atoms. The van der Waals surface area contributed by atoms with Gasteiger partial charge in [-0.05, 0) is 24.5 Å². The number of para-hydroxylation sites is 1. The molecule has 3 rings (SSSR count). The fraction of sp³-hybridized carbons (Fsp3) is 0.500. The predicted octanol–water partition coefficient (Wildman–Crippen LogP) is 1.25. The molecule has 2 aliphatic rings. The molecule has 2 unspecified atom stereocenters. The molecule has 6 heteroatoms. The Bertz CT molecular complexity index is 640. The van der Waals surface area contributed by atoms with Crippen LogP contribution >= 0.6 is 0 Å². The average Bonchev–Trinajstić information content (AvgIpc) is 2.77. The monoisotopic (exact) mass is 295 g/mol. The summed E-state index contributed by atoms with van der Waals surface area (Å²) in [5, 5.41) is 9.31. The van der Waals surface area contributed by atoms with Crippen molar-refractivity contribution >= 4 is 21.5 Å². The van der Waals surface area contributed by atoms with Crippen LogP contribution in [0.4, 0.5) is 5.69 Å². The van der Waals surface area contributed by atoms with E-state index in [9.17, 15) is 18.3 Å². The molecule has 0 aliphatic carbocycles. The van der Waals surface area contributed by atoms with Crippen molar-refractivity contribution < 1.29 is 18.3 Å². The van der Waals surface area contributed by atoms with Gasteiger partial charge in [-0.15, -0.1) is 0 Å². The maximum Gasteiger partial charge on any atom is 0.311 e. The Morgan fingerprint density at radius 3 is 2.65 bits per heavy atom. The Morgan fingerprint density at radius 2 is 2.00 bits per heavy atom. The molecule has 20 heavy (non-hydrogen) atoms. The standard InChI is InChI=1S/C14H17NO4S/c16-14(17)12-5-7-15(10-6-8-20(18,19)9-10)13-4-2-1-3-11(12)13/h1-4,10,12H,5-9H2,(H,16,17). The smallest absolute Gasteiger partial charge is 0.311 e. The number of aliphatic carboxylic acids is 1. The molecule has 1 aromatic rings. The largest absolute Gasteiger partial charge is 0.481 e. The highest BCUT2D eigenvalue weighted by Gasteiger charge is 2.37. The number of hydrogen-bond donors (Lipinski definition) is 1. The second-order valence-electron chi connectivity index (χ2n) is 5.49. The number of carboxylic acids is 1. The summed E-state index contributed by atoms with van der Waals surface area (Å²) >= 11 is 0. The van der Waals surface area contributed by atoms with Crippen molar-refractivity contribution in [2.75, 3.05) is 23.0 Å². The van der Waals surface area contributed by atoms with Gasteiger partial charge in [-0.1, -0.05) is 18.2 Å². The van der Waals surface area contributed by atoms with Gasteiger partial charge in [0.1, 0.15) is 0 Å². The number of carbonyl (C=O) groups is 1. The molecule has 2 aliphatic heterocycles. The molecule has 2 heterocycles. The zero-order valence-corrected chi connectivity index (χ0v) is 11.8. The minimum Gasteiger partial charge on any atom is -0.481 e. The van der Waals surface area contributed by atoms with Crippen molar-refractivity contribution in [1.29, 1.82) is 0 Å². The molecule has 2 atom stereocenters. The molecular weight excluding hydrogens is 278 g/mol. The maximum absolute atomic E-state index is 11.6. The van der Waals surface area contributed by atoms with Crippen LogP contribution in [0.15, 0.2) is 24.3 Å². The van der Waals surface area contributed by atoms with Gasteiger partial charge in [-0.25, -0.2) is 8.42 Å². The average molecular weight is 295 g/mol. The van der Waals surface area contributed by atoms with Crippen molar-refractivity contribution in [3.8, 4) is 0 Å². The van der Waals surface area contributed by atoms with Crippen molar-refractivity contribution in [1.82, 2.24) is 0 Å². The van der Waals surface area contributed by atoms with Gasteiger partial charge in [-0.2, -0.15) is 0 Å². The van der Waals surface area contributed by atoms with Gasteiger partial charge in [0.15, 0.2) is 9.84 Å². The van der Waals surface area contributed by atoms with Crippen LogP contribution in [-0.4, -0.2) is 43.6 Å². The van der Waals surface area contributed by atoms with Gasteiger partial charge < -0.3 is 10.0 Å². The molecule has 1 N–H and O–H groups in total. The Morgan fingerprint density at radius 1 is 1.25 bits per heavy atom. The molecule has 1 saturated heterocycles. The fourth-order valence-corrected chi connectivity index (χ4v) is 4.98. The number of benzene rings is 1. The number of rotatable bonds is 2. The lowest BCUT2D eigenvalue weighted by atomic mass is 9.89. The van der Waals surface area contributed by atoms with Gasteiger partial charge in [-0.3, -0.25) is 4.79 Å². The fourth-order valence-electron chi connectivity index (χ4n) is 3.24. The van der Waals surface area contributed by atoms with E-state index in [0.717, 1.165) is 11.3 Å². The first-order chi connectivity index (χ1) is 9.48. The second kappa shape index (κ2) is 4.77. The van der Waals surface area contributed by atoms with Crippen LogP contribution in [0.3, 0.4) is 0 Å². The van der Waals surface area contributed by atoms with Crippen LogP contribution in [0.2, 0.25) is 0 Å². The lowest BCUT2D eigenvalue weighted by Crippen LogP contribution is -2.41. The van der Waals surface area contributed by atoms with Crippen LogP contribution in [-0.2, 0) is 14.6 Å². The van der Waals surface area contributed by atoms with Gasteiger partial charge >= 0.3 is 5.97 Å². The maximum atomic E-state index is 11.6. The van der Waals surface area contributed by atoms with Crippen LogP contribution in [0.1, 0.15) is 24.3 Å². The zero-order valence-electron chi connectivity index (χ0n) is 11.0. The van der Waals surface area contributed by atoms with E-state index in [1.54, 1.807) is 0 Å². The summed E-state index contributed by atoms with van der Waals surface area (Å²) in [7, 11) is -2.94. The van der Waals surface area contributed by atoms with E-state index in [1.165, 1.54) is 0 Å². The van der Waals surface area contributed by atoms with Gasteiger partial charge in [0.25, 0.3) is 0 Å². The SMILES string of the molecule is O=C(O)C1CCN(C2CCS(=O)(=O)C2)c2ccccc21. The van der Waals surface area contributed by atoms with E-state index in [0.29, 0.717) is 19.4 Å². The zero-order chi connectivity index (χ0) is 14.3. The quantitative estimate of drug-likeness (QED) is 0.889. The van der Waals surface area contributed by atoms with E-state index in [2.05, 4.69) is 4.90 Å². The second-order valence-corrected chi connectivity index (χ2v) is 7.72. The van der Waals surface area contributed by atoms with Crippen LogP contribution < -0.4 is 4.90 Å². The highest BCUT2D eigenvalue weighted by Crippen LogP contribution is 2.38. The number of anilines is 1. The van der Waals surface area contributed by atoms with E-state index in [4.69, 9.17) is 0 Å². The van der Waals surface area contributed by atoms with Crippen LogP contribution in [0.25, 0.3) is 0 Å². The molecular formula is C14H17NO4S. The predicted molar refractivity (Wildman–Crippen MR) is 75.8 cm³/mol. The summed E-state index contributed by atoms with van der Waals surface area (Å²) in [6.07, 6.45) is 1.16. The van der Waals surface area contributed by atoms with Gasteiger partial charge in [0.05, 0.1) is 17.4 Å². The first-order valence-corrected chi connectivity index (χ1v) is 8.59. The molecule has 0 radical (unpaired) electrons. The molecule has 0 amide bonds. The highest BCUT2D eigenvalue weighted by molar-refractivity contribution is 7.91. The molecule has 0 bridgehead atoms. The molecule has 0 saturated carbocycles. The number of nitrogens with zero attached hydrogens (tertiary/aromatic N) is 1. The topological polar surface area (TPSA) is 74.7 Å². The lowest BCUT2D eigenvalue weighted by Gasteiger charge is -2.37. The lowest BCUT2D eigenvalue weighted by molar-refractivity contribution is -0.139. The van der Waals surface area contributed by atoms with Crippen molar-refractivity contribution in [2.45, 2.75) is 24.8 Å². The minimum absolute atomic E-state index is 0.0177. The third-order valence-corrected chi connectivity index (χ3v) is 5.98. The summed E-state index contributed by atoms with van der Waals surface area (Å²) < 4.78 is 23.3. The summed E-state index contributed by atoms with van der Waals surface area (Å²) in [6.45, 7) is 0.605. The first-order valence-electron chi connectivity index (χ1n) is 6.77. The number of fused-ring (bicyclic) bond motifs is 1. The Balaban J connectivity index is 1.95. The summed E-state index contributed by atoms with van der Waals surface area (Å²) in [6, 6.07) is 7.43. The number of hydrogen-bond acceptors (Lipinski definition) is 4. The van der Waals surface area contributed by atoms with Gasteiger partial charge in [0.2, 0.25) is 0 Å². The van der Waals surface area contributed by atoms with Crippen LogP contribution in [0, 0.1) is 0 Å². The highest BCUT2D eigenvalue weighted by atomic mass is 32.2. The summed E-state index contributed by atoms with van der Waals surface area (Å²) in [5.74, 6) is -0.880. The van der Waals surface area contributed by atoms with E-state index < -0.39 is 21.7 Å². The Labute approximate surface area is 118 Å². The van der Waals surface area contributed by atoms with Gasteiger partial charge in [0, 0.05) is 18.3 Å². The van der Waals surface area contributed by atoms with Crippen LogP contribution in [0.5, 0.6) is 0 Å². The Hall–Kier alpha value is -1.56. The molecule has 108 valence electrons. The molecule has 1 fully saturated rings. The van der Waals surface area contributed by atoms with E-state index in [1.807, 2.05) is 24.3 Å². The summed E-state index contributed by atoms with van der Waals surface area (Å²) in [4.78, 5) is 13.4. The normalized spacial score (nSPS) is 28.1.